The minimum absolute atomic E-state index is 0.572. The van der Waals surface area contributed by atoms with E-state index < -0.39 is 0 Å². The minimum atomic E-state index is 0.572. The lowest BCUT2D eigenvalue weighted by Crippen LogP contribution is -2.27. The van der Waals surface area contributed by atoms with Crippen molar-refractivity contribution in [1.82, 2.24) is 10.6 Å². The van der Waals surface area contributed by atoms with Crippen molar-refractivity contribution in [1.29, 1.82) is 0 Å². The van der Waals surface area contributed by atoms with Gasteiger partial charge in [-0.3, -0.25) is 0 Å². The molecule has 12 heavy (non-hydrogen) atoms. The monoisotopic (exact) mass is 168 g/mol. The van der Waals surface area contributed by atoms with E-state index in [9.17, 15) is 0 Å². The summed E-state index contributed by atoms with van der Waals surface area (Å²) in [5.74, 6) is 0.968. The van der Waals surface area contributed by atoms with Crippen LogP contribution in [0.2, 0.25) is 0 Å². The van der Waals surface area contributed by atoms with Crippen molar-refractivity contribution in [3.63, 3.8) is 0 Å². The van der Waals surface area contributed by atoms with Gasteiger partial charge in [-0.15, -0.1) is 0 Å². The van der Waals surface area contributed by atoms with Gasteiger partial charge >= 0.3 is 0 Å². The Kier molecular flexibility index (Phi) is 2.37. The highest BCUT2D eigenvalue weighted by atomic mass is 15.0. The van der Waals surface area contributed by atoms with Crippen LogP contribution in [0, 0.1) is 5.92 Å². The fourth-order valence-corrected chi connectivity index (χ4v) is 2.22. The third-order valence-corrected chi connectivity index (χ3v) is 3.58. The molecule has 1 atom stereocenters. The molecule has 0 radical (unpaired) electrons. The van der Waals surface area contributed by atoms with Crippen LogP contribution in [0.15, 0.2) is 0 Å². The number of hydrogen-bond donors (Lipinski definition) is 2. The van der Waals surface area contributed by atoms with Crippen LogP contribution in [0.4, 0.5) is 0 Å². The SMILES string of the molecule is CNC1(CCC2CCNC2)CC1. The average molecular weight is 168 g/mol. The summed E-state index contributed by atoms with van der Waals surface area (Å²) in [4.78, 5) is 0. The van der Waals surface area contributed by atoms with Crippen LogP contribution in [0.3, 0.4) is 0 Å². The molecule has 0 aromatic carbocycles. The van der Waals surface area contributed by atoms with Crippen LogP contribution >= 0.6 is 0 Å². The molecule has 2 rings (SSSR count). The van der Waals surface area contributed by atoms with Gasteiger partial charge in [0.15, 0.2) is 0 Å². The van der Waals surface area contributed by atoms with Crippen LogP contribution in [0.1, 0.15) is 32.1 Å². The Bertz CT molecular complexity index is 146. The third kappa shape index (κ3) is 1.80. The summed E-state index contributed by atoms with van der Waals surface area (Å²) >= 11 is 0. The van der Waals surface area contributed by atoms with Gasteiger partial charge in [-0.1, -0.05) is 0 Å². The summed E-state index contributed by atoms with van der Waals surface area (Å²) in [6.07, 6.45) is 7.04. The molecule has 2 heteroatoms. The van der Waals surface area contributed by atoms with Crippen molar-refractivity contribution in [2.75, 3.05) is 20.1 Å². The molecule has 1 aliphatic heterocycles. The van der Waals surface area contributed by atoms with Crippen molar-refractivity contribution < 1.29 is 0 Å². The molecular formula is C10H20N2. The number of hydrogen-bond acceptors (Lipinski definition) is 2. The van der Waals surface area contributed by atoms with Gasteiger partial charge < -0.3 is 10.6 Å². The molecular weight excluding hydrogens is 148 g/mol. The molecule has 0 bridgehead atoms. The van der Waals surface area contributed by atoms with E-state index in [2.05, 4.69) is 17.7 Å². The Morgan fingerprint density at radius 1 is 1.50 bits per heavy atom. The molecule has 2 fully saturated rings. The molecule has 1 aliphatic carbocycles. The van der Waals surface area contributed by atoms with Crippen LogP contribution in [-0.2, 0) is 0 Å². The van der Waals surface area contributed by atoms with Crippen LogP contribution in [0.5, 0.6) is 0 Å². The molecule has 0 spiro atoms. The fourth-order valence-electron chi connectivity index (χ4n) is 2.22. The molecule has 0 aromatic rings. The van der Waals surface area contributed by atoms with Crippen molar-refractivity contribution in [2.24, 2.45) is 5.92 Å². The standard InChI is InChI=1S/C10H20N2/c1-11-10(5-6-10)4-2-9-3-7-12-8-9/h9,11-12H,2-8H2,1H3. The molecule has 1 heterocycles. The molecule has 1 saturated heterocycles. The van der Waals surface area contributed by atoms with E-state index >= 15 is 0 Å². The van der Waals surface area contributed by atoms with E-state index in [1.54, 1.807) is 0 Å². The molecule has 2 nitrogen and oxygen atoms in total. The second-order valence-electron chi connectivity index (χ2n) is 4.43. The lowest BCUT2D eigenvalue weighted by Gasteiger charge is -2.16. The largest absolute Gasteiger partial charge is 0.316 e. The van der Waals surface area contributed by atoms with Gasteiger partial charge in [0.25, 0.3) is 0 Å². The van der Waals surface area contributed by atoms with E-state index in [0.29, 0.717) is 5.54 Å². The van der Waals surface area contributed by atoms with Gasteiger partial charge in [-0.05, 0) is 58.2 Å². The third-order valence-electron chi connectivity index (χ3n) is 3.58. The summed E-state index contributed by atoms with van der Waals surface area (Å²) in [6.45, 7) is 2.51. The van der Waals surface area contributed by atoms with Crippen molar-refractivity contribution in [3.05, 3.63) is 0 Å². The topological polar surface area (TPSA) is 24.1 Å². The lowest BCUT2D eigenvalue weighted by molar-refractivity contribution is 0.422. The second-order valence-corrected chi connectivity index (χ2v) is 4.43. The summed E-state index contributed by atoms with van der Waals surface area (Å²) in [5, 5.41) is 6.88. The van der Waals surface area contributed by atoms with E-state index in [1.807, 2.05) is 0 Å². The predicted molar refractivity (Wildman–Crippen MR) is 51.2 cm³/mol. The minimum Gasteiger partial charge on any atom is -0.316 e. The van der Waals surface area contributed by atoms with Crippen molar-refractivity contribution >= 4 is 0 Å². The zero-order valence-electron chi connectivity index (χ0n) is 8.03. The average Bonchev–Trinajstić information content (AvgIpc) is 2.70. The Hall–Kier alpha value is -0.0800. The first-order valence-electron chi connectivity index (χ1n) is 5.24. The Labute approximate surface area is 75.1 Å². The fraction of sp³-hybridized carbons (Fsp3) is 1.00. The lowest BCUT2D eigenvalue weighted by atomic mass is 9.98. The first kappa shape index (κ1) is 8.52. The quantitative estimate of drug-likeness (QED) is 0.657. The highest BCUT2D eigenvalue weighted by Gasteiger charge is 2.40. The molecule has 1 saturated carbocycles. The maximum absolute atomic E-state index is 3.46. The molecule has 2 N–H and O–H groups in total. The van der Waals surface area contributed by atoms with Gasteiger partial charge in [-0.2, -0.15) is 0 Å². The highest BCUT2D eigenvalue weighted by molar-refractivity contribution is 5.01. The molecule has 0 amide bonds. The first-order chi connectivity index (χ1) is 5.85. The van der Waals surface area contributed by atoms with Crippen LogP contribution in [0.25, 0.3) is 0 Å². The van der Waals surface area contributed by atoms with Gasteiger partial charge in [0, 0.05) is 5.54 Å². The Morgan fingerprint density at radius 2 is 2.33 bits per heavy atom. The van der Waals surface area contributed by atoms with Gasteiger partial charge in [0.05, 0.1) is 0 Å². The van der Waals surface area contributed by atoms with Gasteiger partial charge in [-0.25, -0.2) is 0 Å². The van der Waals surface area contributed by atoms with Gasteiger partial charge in [0.1, 0.15) is 0 Å². The Balaban J connectivity index is 1.67. The first-order valence-corrected chi connectivity index (χ1v) is 5.24. The number of nitrogens with one attached hydrogen (secondary N) is 2. The summed E-state index contributed by atoms with van der Waals surface area (Å²) < 4.78 is 0. The highest BCUT2D eigenvalue weighted by Crippen LogP contribution is 2.40. The van der Waals surface area contributed by atoms with Gasteiger partial charge in [0.2, 0.25) is 0 Å². The van der Waals surface area contributed by atoms with Crippen LogP contribution in [-0.4, -0.2) is 25.7 Å². The van der Waals surface area contributed by atoms with Crippen LogP contribution < -0.4 is 10.6 Å². The molecule has 70 valence electrons. The van der Waals surface area contributed by atoms with Crippen molar-refractivity contribution in [2.45, 2.75) is 37.6 Å². The van der Waals surface area contributed by atoms with E-state index in [0.717, 1.165) is 5.92 Å². The molecule has 2 aliphatic rings. The molecule has 1 unspecified atom stereocenters. The maximum Gasteiger partial charge on any atom is 0.0180 e. The summed E-state index contributed by atoms with van der Waals surface area (Å²) in [7, 11) is 2.11. The smallest absolute Gasteiger partial charge is 0.0180 e. The Morgan fingerprint density at radius 3 is 2.83 bits per heavy atom. The zero-order chi connectivity index (χ0) is 8.44. The normalized spacial score (nSPS) is 32.2. The second kappa shape index (κ2) is 3.35. The predicted octanol–water partition coefficient (Wildman–Crippen LogP) is 1.13. The molecule has 0 aromatic heterocycles. The van der Waals surface area contributed by atoms with E-state index in [4.69, 9.17) is 0 Å². The van der Waals surface area contributed by atoms with Crippen molar-refractivity contribution in [3.8, 4) is 0 Å². The maximum atomic E-state index is 3.46. The number of rotatable bonds is 4. The summed E-state index contributed by atoms with van der Waals surface area (Å²) in [6, 6.07) is 0. The van der Waals surface area contributed by atoms with E-state index in [-0.39, 0.29) is 0 Å². The zero-order valence-corrected chi connectivity index (χ0v) is 8.03. The summed E-state index contributed by atoms with van der Waals surface area (Å²) in [5.41, 5.74) is 0.572. The van der Waals surface area contributed by atoms with E-state index in [1.165, 1.54) is 45.2 Å².